The van der Waals surface area contributed by atoms with E-state index in [0.29, 0.717) is 72.1 Å². The van der Waals surface area contributed by atoms with Gasteiger partial charge in [-0.2, -0.15) is 30.2 Å². The van der Waals surface area contributed by atoms with E-state index in [4.69, 9.17) is 31.4 Å². The Balaban J connectivity index is 0.000000133. The molecule has 0 atom stereocenters. The number of ether oxygens (including phenoxy) is 3. The summed E-state index contributed by atoms with van der Waals surface area (Å²) in [6, 6.07) is 33.1. The van der Waals surface area contributed by atoms with Crippen molar-refractivity contribution in [2.24, 2.45) is 38.3 Å². The molecule has 0 saturated carbocycles. The molecule has 25 heteroatoms. The molecule has 3 amide bonds. The highest BCUT2D eigenvalue weighted by atomic mass is 16.5. The molecule has 1 fully saturated rings. The van der Waals surface area contributed by atoms with Crippen LogP contribution in [0.5, 0.6) is 35.3 Å². The average Bonchev–Trinajstić information content (AvgIpc) is 2.97. The molecular weight excluding hydrogens is 1070 g/mol. The zero-order valence-corrected chi connectivity index (χ0v) is 45.7. The highest BCUT2D eigenvalue weighted by Gasteiger charge is 2.21. The minimum atomic E-state index is -0.605. The molecule has 0 spiro atoms. The number of aryl methyl sites for hydroxylation is 3. The van der Waals surface area contributed by atoms with Gasteiger partial charge in [0.25, 0.3) is 17.7 Å². The number of aliphatic hydroxyl groups is 1. The Bertz CT molecular complexity index is 4550. The Morgan fingerprint density at radius 1 is 0.512 bits per heavy atom. The van der Waals surface area contributed by atoms with Crippen LogP contribution in [-0.4, -0.2) is 131 Å². The third-order valence-electron chi connectivity index (χ3n) is 13.9. The molecule has 84 heavy (non-hydrogen) atoms. The van der Waals surface area contributed by atoms with Crippen LogP contribution in [-0.2, 0) is 34.3 Å². The van der Waals surface area contributed by atoms with Crippen molar-refractivity contribution in [1.29, 1.82) is 0 Å². The molecule has 0 bridgehead atoms. The monoisotopic (exact) mass is 1130 g/mol. The van der Waals surface area contributed by atoms with Crippen molar-refractivity contribution in [2.75, 3.05) is 33.2 Å². The summed E-state index contributed by atoms with van der Waals surface area (Å²) in [5.74, 6) is -0.119. The maximum absolute atomic E-state index is 11.7. The van der Waals surface area contributed by atoms with E-state index in [1.807, 2.05) is 36.4 Å². The fraction of sp³-hybridized carbons (Fsp3) is 0.169. The number of nitrogens with two attached hydrogens (primary N) is 3. The van der Waals surface area contributed by atoms with Gasteiger partial charge in [0.05, 0.1) is 23.2 Å². The number of aromatic nitrogens is 12. The SMILES string of the molecule is CN1CCN(Cc2cccc(Oc3ncc4ccc5c(C(N)=O)nn(C)c5c4n3)c2)CC1.Cn1nc(C(N)=O)c2ccc3cnc(Oc4cccc(C=O)c4)nc3c21.Cn1nc(C(N)=O)c2ccc3cnc(Oc4cccc(CO)c4)nc3c21. The standard InChI is InChI=1S/C23H25N7O2.C18H15N5O3.C18H13N5O3/c1-28-8-10-30(11-9-28)14-15-4-3-5-17(12-15)32-23-25-13-16-6-7-18-20(22(24)31)27-29(2)21(18)19(16)26-23;2*1-23-16-13(15(22-23)17(19)25)6-5-11-8-20-18(21-14(11)16)26-12-4-2-3-10(7-12)9-24/h3-7,12-13H,8-11,14H2,1-2H3,(H2,24,31);2-8,24H,9H2,1H3,(H2,19,25);2-9H,1H3,(H2,19,25). The fourth-order valence-corrected chi connectivity index (χ4v) is 9.86. The second-order valence-electron chi connectivity index (χ2n) is 19.7. The van der Waals surface area contributed by atoms with Gasteiger partial charge in [-0.25, -0.2) is 15.0 Å². The van der Waals surface area contributed by atoms with Crippen molar-refractivity contribution in [3.63, 3.8) is 0 Å². The number of benzene rings is 6. The summed E-state index contributed by atoms with van der Waals surface area (Å²) < 4.78 is 22.1. The van der Waals surface area contributed by atoms with Gasteiger partial charge in [0, 0.05) is 110 Å². The molecule has 6 aromatic heterocycles. The van der Waals surface area contributed by atoms with Gasteiger partial charge in [-0.15, -0.1) is 0 Å². The first-order valence-electron chi connectivity index (χ1n) is 26.2. The van der Waals surface area contributed by atoms with E-state index in [-0.39, 0.29) is 41.7 Å². The van der Waals surface area contributed by atoms with Crippen molar-refractivity contribution < 1.29 is 38.5 Å². The molecule has 0 radical (unpaired) electrons. The number of hydrogen-bond acceptors (Lipinski definition) is 19. The predicted octanol–water partition coefficient (Wildman–Crippen LogP) is 6.28. The third kappa shape index (κ3) is 11.4. The lowest BCUT2D eigenvalue weighted by Gasteiger charge is -2.32. The van der Waals surface area contributed by atoms with Gasteiger partial charge in [0.15, 0.2) is 17.1 Å². The summed E-state index contributed by atoms with van der Waals surface area (Å²) in [6.07, 6.45) is 5.71. The minimum absolute atomic E-state index is 0.0820. The molecule has 12 aromatic rings. The molecule has 13 rings (SSSR count). The van der Waals surface area contributed by atoms with Crippen LogP contribution in [0, 0.1) is 0 Å². The van der Waals surface area contributed by atoms with E-state index in [1.165, 1.54) is 5.56 Å². The Hall–Kier alpha value is -10.9. The number of rotatable bonds is 13. The number of carbonyl (C=O) groups excluding carboxylic acids is 4. The number of nitrogens with zero attached hydrogens (tertiary/aromatic N) is 14. The number of piperazine rings is 1. The Kier molecular flexibility index (Phi) is 15.3. The van der Waals surface area contributed by atoms with Crippen LogP contribution in [0.3, 0.4) is 0 Å². The number of fused-ring (bicyclic) bond motifs is 9. The number of hydrogen-bond donors (Lipinski definition) is 4. The lowest BCUT2D eigenvalue weighted by Crippen LogP contribution is -2.43. The summed E-state index contributed by atoms with van der Waals surface area (Å²) in [5.41, 5.74) is 23.2. The summed E-state index contributed by atoms with van der Waals surface area (Å²) in [6.45, 7) is 5.09. The van der Waals surface area contributed by atoms with Gasteiger partial charge in [0.1, 0.15) is 40.1 Å². The Morgan fingerprint density at radius 3 is 1.29 bits per heavy atom. The van der Waals surface area contributed by atoms with Crippen molar-refractivity contribution in [3.05, 3.63) is 162 Å². The molecule has 1 aliphatic heterocycles. The zero-order chi connectivity index (χ0) is 58.8. The zero-order valence-electron chi connectivity index (χ0n) is 45.7. The molecule has 25 nitrogen and oxygen atoms in total. The van der Waals surface area contributed by atoms with E-state index < -0.39 is 17.7 Å². The normalized spacial score (nSPS) is 12.7. The topological polar surface area (TPSA) is 332 Å². The maximum Gasteiger partial charge on any atom is 0.322 e. The predicted molar refractivity (Wildman–Crippen MR) is 311 cm³/mol. The number of amides is 3. The average molecular weight is 1130 g/mol. The molecular formula is C59H53N17O8. The van der Waals surface area contributed by atoms with Crippen LogP contribution in [0.1, 0.15) is 53.0 Å². The number of aliphatic hydroxyl groups excluding tert-OH is 1. The summed E-state index contributed by atoms with van der Waals surface area (Å²) in [4.78, 5) is 77.0. The Morgan fingerprint density at radius 2 is 0.893 bits per heavy atom. The van der Waals surface area contributed by atoms with E-state index in [9.17, 15) is 24.3 Å². The van der Waals surface area contributed by atoms with Gasteiger partial charge < -0.3 is 41.4 Å². The van der Waals surface area contributed by atoms with E-state index in [1.54, 1.807) is 121 Å². The van der Waals surface area contributed by atoms with Crippen LogP contribution in [0.4, 0.5) is 0 Å². The minimum Gasteiger partial charge on any atom is -0.424 e. The van der Waals surface area contributed by atoms with Crippen molar-refractivity contribution in [3.8, 4) is 35.3 Å². The second kappa shape index (κ2) is 23.3. The van der Waals surface area contributed by atoms with Gasteiger partial charge in [-0.1, -0.05) is 54.6 Å². The van der Waals surface area contributed by atoms with Crippen LogP contribution < -0.4 is 31.4 Å². The summed E-state index contributed by atoms with van der Waals surface area (Å²) in [7, 11) is 7.36. The first kappa shape index (κ1) is 55.0. The molecule has 1 aliphatic rings. The lowest BCUT2D eigenvalue weighted by molar-refractivity contribution is 0.0988. The van der Waals surface area contributed by atoms with Gasteiger partial charge >= 0.3 is 18.0 Å². The summed E-state index contributed by atoms with van der Waals surface area (Å²) >= 11 is 0. The summed E-state index contributed by atoms with van der Waals surface area (Å²) in [5, 5.41) is 26.1. The highest BCUT2D eigenvalue weighted by Crippen LogP contribution is 2.32. The van der Waals surface area contributed by atoms with Gasteiger partial charge in [0.2, 0.25) is 0 Å². The maximum atomic E-state index is 11.7. The van der Waals surface area contributed by atoms with E-state index in [2.05, 4.69) is 68.1 Å². The van der Waals surface area contributed by atoms with Crippen LogP contribution >= 0.6 is 0 Å². The first-order chi connectivity index (χ1) is 40.6. The Labute approximate surface area is 476 Å². The highest BCUT2D eigenvalue weighted by molar-refractivity contribution is 6.13. The van der Waals surface area contributed by atoms with Crippen LogP contribution in [0.25, 0.3) is 65.4 Å². The first-order valence-corrected chi connectivity index (χ1v) is 26.2. The van der Waals surface area contributed by atoms with Crippen molar-refractivity contribution in [1.82, 2.24) is 69.0 Å². The number of primary amides is 3. The molecule has 7 N–H and O–H groups in total. The smallest absolute Gasteiger partial charge is 0.322 e. The van der Waals surface area contributed by atoms with Gasteiger partial charge in [-0.3, -0.25) is 38.1 Å². The van der Waals surface area contributed by atoms with E-state index >= 15 is 0 Å². The fourth-order valence-electron chi connectivity index (χ4n) is 9.86. The van der Waals surface area contributed by atoms with Crippen molar-refractivity contribution in [2.45, 2.75) is 13.2 Å². The van der Waals surface area contributed by atoms with Crippen LogP contribution in [0.2, 0.25) is 0 Å². The number of aldehydes is 1. The molecule has 422 valence electrons. The third-order valence-corrected chi connectivity index (χ3v) is 13.9. The van der Waals surface area contributed by atoms with Crippen molar-refractivity contribution >= 4 is 89.4 Å². The molecule has 7 heterocycles. The second-order valence-corrected chi connectivity index (χ2v) is 19.7. The largest absolute Gasteiger partial charge is 0.424 e. The molecule has 6 aromatic carbocycles. The number of likely N-dealkylation sites (N-methyl/N-ethyl adjacent to an activating group) is 1. The van der Waals surface area contributed by atoms with Crippen LogP contribution in [0.15, 0.2) is 128 Å². The molecule has 0 aliphatic carbocycles. The quantitative estimate of drug-likeness (QED) is 0.0923. The molecule has 0 unspecified atom stereocenters. The van der Waals surface area contributed by atoms with Gasteiger partial charge in [-0.05, 0) is 72.8 Å². The number of carbonyl (C=O) groups is 4. The van der Waals surface area contributed by atoms with E-state index in [0.717, 1.165) is 60.7 Å². The lowest BCUT2D eigenvalue weighted by atomic mass is 10.1. The molecule has 1 saturated heterocycles.